The van der Waals surface area contributed by atoms with Crippen LogP contribution in [0.15, 0.2) is 63.7 Å². The first-order valence-electron chi connectivity index (χ1n) is 8.98. The first kappa shape index (κ1) is 19.0. The third-order valence-electron chi connectivity index (χ3n) is 4.35. The van der Waals surface area contributed by atoms with Crippen LogP contribution in [-0.4, -0.2) is 26.7 Å². The summed E-state index contributed by atoms with van der Waals surface area (Å²) in [6.45, 7) is 0. The number of rotatable bonds is 6. The van der Waals surface area contributed by atoms with Crippen LogP contribution in [0.4, 0.5) is 10.8 Å². The van der Waals surface area contributed by atoms with E-state index in [4.69, 9.17) is 4.74 Å². The van der Waals surface area contributed by atoms with E-state index in [-0.39, 0.29) is 5.56 Å². The third-order valence-corrected chi connectivity index (χ3v) is 7.37. The Morgan fingerprint density at radius 2 is 1.93 bits per heavy atom. The molecular weight excluding hydrogens is 438 g/mol. The molecule has 2 aromatic carbocycles. The number of thiazole rings is 1. The minimum absolute atomic E-state index is 0.0659. The van der Waals surface area contributed by atoms with Crippen molar-refractivity contribution in [3.8, 4) is 5.75 Å². The van der Waals surface area contributed by atoms with E-state index in [0.717, 1.165) is 31.7 Å². The van der Waals surface area contributed by atoms with Crippen molar-refractivity contribution in [3.63, 3.8) is 0 Å². The molecule has 0 amide bonds. The van der Waals surface area contributed by atoms with E-state index >= 15 is 0 Å². The fraction of sp³-hybridized carbons (Fsp3) is 0.100. The van der Waals surface area contributed by atoms with Crippen LogP contribution < -0.4 is 15.6 Å². The Bertz CT molecular complexity index is 1410. The second-order valence-corrected chi connectivity index (χ2v) is 9.47. The lowest BCUT2D eigenvalue weighted by molar-refractivity contribution is 0.417. The van der Waals surface area contributed by atoms with Gasteiger partial charge in [0.2, 0.25) is 5.13 Å². The zero-order chi connectivity index (χ0) is 20.5. The molecule has 0 saturated heterocycles. The molecule has 30 heavy (non-hydrogen) atoms. The number of nitrogens with one attached hydrogen (secondary N) is 1. The van der Waals surface area contributed by atoms with Crippen LogP contribution in [0.25, 0.3) is 15.2 Å². The Labute approximate surface area is 183 Å². The molecule has 0 aliphatic carbocycles. The lowest BCUT2D eigenvalue weighted by Gasteiger charge is -2.07. The average Bonchev–Trinajstić information content (AvgIpc) is 3.36. The van der Waals surface area contributed by atoms with Gasteiger partial charge in [-0.2, -0.15) is 0 Å². The Morgan fingerprint density at radius 1 is 1.10 bits per heavy atom. The Kier molecular flexibility index (Phi) is 5.11. The van der Waals surface area contributed by atoms with Crippen molar-refractivity contribution < 1.29 is 4.74 Å². The van der Waals surface area contributed by atoms with Crippen molar-refractivity contribution in [1.29, 1.82) is 0 Å². The Hall–Kier alpha value is -2.95. The van der Waals surface area contributed by atoms with E-state index in [1.54, 1.807) is 17.6 Å². The largest absolute Gasteiger partial charge is 0.495 e. The van der Waals surface area contributed by atoms with Crippen LogP contribution in [0.5, 0.6) is 5.75 Å². The summed E-state index contributed by atoms with van der Waals surface area (Å²) in [7, 11) is 1.63. The lowest BCUT2D eigenvalue weighted by atomic mass is 10.3. The maximum Gasteiger partial charge on any atom is 0.259 e. The van der Waals surface area contributed by atoms with Gasteiger partial charge in [-0.1, -0.05) is 58.7 Å². The number of para-hydroxylation sites is 3. The summed E-state index contributed by atoms with van der Waals surface area (Å²) < 4.78 is 8.85. The third kappa shape index (κ3) is 3.64. The predicted molar refractivity (Wildman–Crippen MR) is 123 cm³/mol. The number of nitrogens with zero attached hydrogens (tertiary/aromatic N) is 4. The van der Waals surface area contributed by atoms with E-state index in [0.29, 0.717) is 15.8 Å². The molecule has 0 aliphatic rings. The number of benzene rings is 2. The molecule has 10 heteroatoms. The second-order valence-electron chi connectivity index (χ2n) is 6.26. The van der Waals surface area contributed by atoms with Gasteiger partial charge in [-0.05, 0) is 24.3 Å². The van der Waals surface area contributed by atoms with E-state index in [9.17, 15) is 4.79 Å². The summed E-state index contributed by atoms with van der Waals surface area (Å²) in [5, 5.41) is 12.3. The molecule has 0 aliphatic heterocycles. The van der Waals surface area contributed by atoms with E-state index in [1.807, 2.05) is 48.5 Å². The number of hydrogen-bond acceptors (Lipinski definition) is 9. The van der Waals surface area contributed by atoms with Crippen molar-refractivity contribution in [2.45, 2.75) is 10.1 Å². The molecule has 0 bridgehead atoms. The summed E-state index contributed by atoms with van der Waals surface area (Å²) in [5.74, 6) is 1.28. The maximum atomic E-state index is 12.6. The monoisotopic (exact) mass is 453 g/mol. The van der Waals surface area contributed by atoms with Gasteiger partial charge in [0, 0.05) is 11.8 Å². The zero-order valence-electron chi connectivity index (χ0n) is 15.7. The van der Waals surface area contributed by atoms with Gasteiger partial charge in [-0.15, -0.1) is 10.2 Å². The molecule has 0 spiro atoms. The number of hydrogen-bond donors (Lipinski definition) is 1. The average molecular weight is 454 g/mol. The minimum Gasteiger partial charge on any atom is -0.495 e. The number of fused-ring (bicyclic) bond motifs is 3. The van der Waals surface area contributed by atoms with Crippen molar-refractivity contribution in [1.82, 2.24) is 19.6 Å². The number of thioether (sulfide) groups is 1. The van der Waals surface area contributed by atoms with E-state index < -0.39 is 0 Å². The van der Waals surface area contributed by atoms with Crippen LogP contribution in [0.2, 0.25) is 0 Å². The van der Waals surface area contributed by atoms with Crippen molar-refractivity contribution in [2.75, 3.05) is 12.4 Å². The fourth-order valence-electron chi connectivity index (χ4n) is 3.01. The molecule has 5 rings (SSSR count). The fourth-order valence-corrected chi connectivity index (χ4v) is 5.72. The number of anilines is 2. The number of ether oxygens (including phenoxy) is 1. The highest BCUT2D eigenvalue weighted by molar-refractivity contribution is 8.00. The molecule has 5 aromatic rings. The quantitative estimate of drug-likeness (QED) is 0.370. The van der Waals surface area contributed by atoms with Crippen LogP contribution in [0, 0.1) is 0 Å². The molecule has 7 nitrogen and oxygen atoms in total. The molecule has 0 fully saturated rings. The van der Waals surface area contributed by atoms with Gasteiger partial charge in [0.25, 0.3) is 5.56 Å². The van der Waals surface area contributed by atoms with Gasteiger partial charge < -0.3 is 10.1 Å². The molecule has 1 N–H and O–H groups in total. The van der Waals surface area contributed by atoms with Gasteiger partial charge in [-0.25, -0.2) is 4.98 Å². The van der Waals surface area contributed by atoms with Crippen LogP contribution >= 0.6 is 34.4 Å². The number of aromatic nitrogens is 4. The van der Waals surface area contributed by atoms with Crippen LogP contribution in [-0.2, 0) is 5.75 Å². The van der Waals surface area contributed by atoms with Crippen molar-refractivity contribution >= 4 is 60.4 Å². The van der Waals surface area contributed by atoms with Gasteiger partial charge >= 0.3 is 0 Å². The van der Waals surface area contributed by atoms with Crippen LogP contribution in [0.3, 0.4) is 0 Å². The van der Waals surface area contributed by atoms with Gasteiger partial charge in [0.05, 0.1) is 28.7 Å². The zero-order valence-corrected chi connectivity index (χ0v) is 18.2. The molecule has 0 atom stereocenters. The van der Waals surface area contributed by atoms with Gasteiger partial charge in [0.1, 0.15) is 5.75 Å². The first-order valence-corrected chi connectivity index (χ1v) is 11.6. The summed E-state index contributed by atoms with van der Waals surface area (Å²) in [6, 6.07) is 17.1. The smallest absolute Gasteiger partial charge is 0.259 e. The lowest BCUT2D eigenvalue weighted by Crippen LogP contribution is -2.13. The normalized spacial score (nSPS) is 11.2. The molecule has 0 saturated carbocycles. The van der Waals surface area contributed by atoms with E-state index in [2.05, 4.69) is 20.5 Å². The molecular formula is C20H15N5O2S3. The highest BCUT2D eigenvalue weighted by atomic mass is 32.2. The molecule has 0 unspecified atom stereocenters. The molecule has 3 aromatic heterocycles. The van der Waals surface area contributed by atoms with Crippen molar-refractivity contribution in [2.24, 2.45) is 0 Å². The van der Waals surface area contributed by atoms with E-state index in [1.165, 1.54) is 34.4 Å². The predicted octanol–water partition coefficient (Wildman–Crippen LogP) is 4.81. The molecule has 3 heterocycles. The molecule has 0 radical (unpaired) electrons. The first-order chi connectivity index (χ1) is 14.7. The summed E-state index contributed by atoms with van der Waals surface area (Å²) >= 11 is 4.47. The summed E-state index contributed by atoms with van der Waals surface area (Å²) in [5.41, 5.74) is 2.39. The van der Waals surface area contributed by atoms with Gasteiger partial charge in [-0.3, -0.25) is 9.20 Å². The minimum atomic E-state index is -0.0659. The standard InChI is InChI=1S/C20H15N5O2S3/c1-27-15-8-4-2-6-13(15)22-18-23-24-20(30-18)28-11-12-10-17(26)25-14-7-3-5-9-16(14)29-19(25)21-12/h2-10H,11H2,1H3,(H,22,23). The highest BCUT2D eigenvalue weighted by Crippen LogP contribution is 2.32. The second kappa shape index (κ2) is 8.05. The Balaban J connectivity index is 1.33. The Morgan fingerprint density at radius 3 is 2.83 bits per heavy atom. The summed E-state index contributed by atoms with van der Waals surface area (Å²) in [4.78, 5) is 18.0. The molecule has 150 valence electrons. The highest BCUT2D eigenvalue weighted by Gasteiger charge is 2.12. The topological polar surface area (TPSA) is 81.4 Å². The maximum absolute atomic E-state index is 12.6. The summed E-state index contributed by atoms with van der Waals surface area (Å²) in [6.07, 6.45) is 0. The number of methoxy groups -OCH3 is 1. The van der Waals surface area contributed by atoms with Crippen LogP contribution in [0.1, 0.15) is 5.69 Å². The van der Waals surface area contributed by atoms with Crippen molar-refractivity contribution in [3.05, 3.63) is 70.6 Å². The SMILES string of the molecule is COc1ccccc1Nc1nnc(SCc2cc(=O)n3c(n2)sc2ccccc23)s1. The van der Waals surface area contributed by atoms with Gasteiger partial charge in [0.15, 0.2) is 9.30 Å².